The summed E-state index contributed by atoms with van der Waals surface area (Å²) in [6.45, 7) is 1.74. The number of ether oxygens (including phenoxy) is 1. The van der Waals surface area contributed by atoms with Gasteiger partial charge < -0.3 is 24.5 Å². The number of benzene rings is 2. The number of piperazine rings is 1. The van der Waals surface area contributed by atoms with E-state index in [4.69, 9.17) is 16.3 Å². The molecule has 2 aromatic carbocycles. The number of anilines is 1. The minimum atomic E-state index is -0.466. The molecule has 2 heterocycles. The number of para-hydroxylation sites is 1. The molecule has 0 spiro atoms. The quantitative estimate of drug-likeness (QED) is 0.761. The van der Waals surface area contributed by atoms with E-state index in [0.29, 0.717) is 42.6 Å². The highest BCUT2D eigenvalue weighted by Crippen LogP contribution is 2.35. The summed E-state index contributed by atoms with van der Waals surface area (Å²) in [5, 5.41) is 10.4. The van der Waals surface area contributed by atoms with Crippen LogP contribution >= 0.6 is 11.6 Å². The number of halogens is 1. The predicted molar refractivity (Wildman–Crippen MR) is 119 cm³/mol. The van der Waals surface area contributed by atoms with Crippen LogP contribution in [0.15, 0.2) is 42.5 Å². The van der Waals surface area contributed by atoms with Crippen LogP contribution in [-0.2, 0) is 9.59 Å². The first-order chi connectivity index (χ1) is 15.4. The number of carbonyl (C=O) groups excluding carboxylic acids is 3. The summed E-state index contributed by atoms with van der Waals surface area (Å²) in [7, 11) is 1.52. The van der Waals surface area contributed by atoms with Gasteiger partial charge in [0.2, 0.25) is 11.8 Å². The Labute approximate surface area is 190 Å². The molecule has 0 radical (unpaired) electrons. The van der Waals surface area contributed by atoms with Crippen molar-refractivity contribution < 1.29 is 24.2 Å². The third-order valence-corrected chi connectivity index (χ3v) is 6.15. The van der Waals surface area contributed by atoms with Crippen molar-refractivity contribution in [2.75, 3.05) is 44.7 Å². The van der Waals surface area contributed by atoms with Crippen molar-refractivity contribution in [1.82, 2.24) is 9.80 Å². The molecule has 0 aliphatic carbocycles. The Kier molecular flexibility index (Phi) is 6.23. The molecule has 168 valence electrons. The SMILES string of the molecule is COc1ccc(Cl)cc1N1CC(C(=O)N2CCN(C(=O)c3ccccc3O)CC2)CC1=O. The van der Waals surface area contributed by atoms with Crippen LogP contribution in [0.4, 0.5) is 5.69 Å². The highest BCUT2D eigenvalue weighted by Gasteiger charge is 2.39. The maximum absolute atomic E-state index is 13.1. The molecule has 2 fully saturated rings. The Hall–Kier alpha value is -3.26. The zero-order valence-corrected chi connectivity index (χ0v) is 18.4. The molecule has 0 aromatic heterocycles. The minimum Gasteiger partial charge on any atom is -0.507 e. The highest BCUT2D eigenvalue weighted by molar-refractivity contribution is 6.31. The van der Waals surface area contributed by atoms with E-state index in [9.17, 15) is 19.5 Å². The number of hydrogen-bond acceptors (Lipinski definition) is 5. The zero-order chi connectivity index (χ0) is 22.8. The number of phenolic OH excluding ortho intramolecular Hbond substituents is 1. The van der Waals surface area contributed by atoms with Crippen LogP contribution in [0.25, 0.3) is 0 Å². The molecule has 32 heavy (non-hydrogen) atoms. The van der Waals surface area contributed by atoms with Gasteiger partial charge in [-0.1, -0.05) is 23.7 Å². The maximum atomic E-state index is 13.1. The van der Waals surface area contributed by atoms with E-state index < -0.39 is 5.92 Å². The van der Waals surface area contributed by atoms with E-state index in [1.165, 1.54) is 13.2 Å². The second kappa shape index (κ2) is 9.08. The zero-order valence-electron chi connectivity index (χ0n) is 17.7. The van der Waals surface area contributed by atoms with Crippen LogP contribution in [-0.4, -0.2) is 72.5 Å². The topological polar surface area (TPSA) is 90.4 Å². The van der Waals surface area contributed by atoms with E-state index >= 15 is 0 Å². The molecule has 1 N–H and O–H groups in total. The van der Waals surface area contributed by atoms with Crippen LogP contribution in [0.5, 0.6) is 11.5 Å². The van der Waals surface area contributed by atoms with Gasteiger partial charge in [-0.25, -0.2) is 0 Å². The highest BCUT2D eigenvalue weighted by atomic mass is 35.5. The van der Waals surface area contributed by atoms with Gasteiger partial charge in [0.05, 0.1) is 24.3 Å². The molecule has 3 amide bonds. The van der Waals surface area contributed by atoms with Crippen molar-refractivity contribution in [2.24, 2.45) is 5.92 Å². The van der Waals surface area contributed by atoms with Crippen molar-refractivity contribution in [3.8, 4) is 11.5 Å². The van der Waals surface area contributed by atoms with Gasteiger partial charge in [0.25, 0.3) is 5.91 Å². The number of aromatic hydroxyl groups is 1. The van der Waals surface area contributed by atoms with Gasteiger partial charge in [0.15, 0.2) is 0 Å². The molecule has 1 unspecified atom stereocenters. The van der Waals surface area contributed by atoms with Gasteiger partial charge >= 0.3 is 0 Å². The molecule has 2 aliphatic rings. The average molecular weight is 458 g/mol. The molecule has 2 saturated heterocycles. The van der Waals surface area contributed by atoms with Crippen LogP contribution in [0, 0.1) is 5.92 Å². The molecule has 2 aromatic rings. The number of nitrogens with zero attached hydrogens (tertiary/aromatic N) is 3. The Morgan fingerprint density at radius 2 is 1.75 bits per heavy atom. The Morgan fingerprint density at radius 1 is 1.06 bits per heavy atom. The maximum Gasteiger partial charge on any atom is 0.257 e. The average Bonchev–Trinajstić information content (AvgIpc) is 3.20. The monoisotopic (exact) mass is 457 g/mol. The van der Waals surface area contributed by atoms with E-state index in [2.05, 4.69) is 0 Å². The first kappa shape index (κ1) is 22.0. The van der Waals surface area contributed by atoms with Crippen molar-refractivity contribution >= 4 is 35.0 Å². The Balaban J connectivity index is 1.39. The minimum absolute atomic E-state index is 0.0583. The number of methoxy groups -OCH3 is 1. The Bertz CT molecular complexity index is 1050. The molecule has 0 bridgehead atoms. The third kappa shape index (κ3) is 4.23. The van der Waals surface area contributed by atoms with Gasteiger partial charge in [0, 0.05) is 44.2 Å². The molecule has 1 atom stereocenters. The molecule has 2 aliphatic heterocycles. The van der Waals surface area contributed by atoms with Gasteiger partial charge in [-0.15, -0.1) is 0 Å². The van der Waals surface area contributed by atoms with Gasteiger partial charge in [0.1, 0.15) is 11.5 Å². The van der Waals surface area contributed by atoms with Crippen LogP contribution < -0.4 is 9.64 Å². The van der Waals surface area contributed by atoms with Crippen molar-refractivity contribution in [3.63, 3.8) is 0 Å². The molecular formula is C23H24ClN3O5. The largest absolute Gasteiger partial charge is 0.507 e. The van der Waals surface area contributed by atoms with Crippen LogP contribution in [0.1, 0.15) is 16.8 Å². The van der Waals surface area contributed by atoms with E-state index in [1.54, 1.807) is 51.1 Å². The van der Waals surface area contributed by atoms with Gasteiger partial charge in [-0.2, -0.15) is 0 Å². The fraction of sp³-hybridized carbons (Fsp3) is 0.348. The fourth-order valence-corrected chi connectivity index (χ4v) is 4.36. The number of amides is 3. The molecule has 4 rings (SSSR count). The van der Waals surface area contributed by atoms with Gasteiger partial charge in [-0.3, -0.25) is 14.4 Å². The summed E-state index contributed by atoms with van der Waals surface area (Å²) in [6, 6.07) is 11.5. The second-order valence-electron chi connectivity index (χ2n) is 7.86. The summed E-state index contributed by atoms with van der Waals surface area (Å²) in [6.07, 6.45) is 0.117. The lowest BCUT2D eigenvalue weighted by Crippen LogP contribution is -2.52. The summed E-state index contributed by atoms with van der Waals surface area (Å²) in [4.78, 5) is 43.3. The van der Waals surface area contributed by atoms with E-state index in [0.717, 1.165) is 0 Å². The molecule has 8 nitrogen and oxygen atoms in total. The normalized spacial score (nSPS) is 18.8. The fourth-order valence-electron chi connectivity index (χ4n) is 4.19. The first-order valence-electron chi connectivity index (χ1n) is 10.4. The lowest BCUT2D eigenvalue weighted by atomic mass is 10.1. The standard InChI is InChI=1S/C23H24ClN3O5/c1-32-20-7-6-16(24)13-18(20)27-14-15(12-21(27)29)22(30)25-8-10-26(11-9-25)23(31)17-4-2-3-5-19(17)28/h2-7,13,15,28H,8-12,14H2,1H3. The summed E-state index contributed by atoms with van der Waals surface area (Å²) >= 11 is 6.10. The predicted octanol–water partition coefficient (Wildman–Crippen LogP) is 2.39. The molecular weight excluding hydrogens is 434 g/mol. The smallest absolute Gasteiger partial charge is 0.257 e. The number of hydrogen-bond donors (Lipinski definition) is 1. The summed E-state index contributed by atoms with van der Waals surface area (Å²) < 4.78 is 5.35. The van der Waals surface area contributed by atoms with Gasteiger partial charge in [-0.05, 0) is 30.3 Å². The lowest BCUT2D eigenvalue weighted by molar-refractivity contribution is -0.137. The Morgan fingerprint density at radius 3 is 2.44 bits per heavy atom. The molecule has 0 saturated carbocycles. The summed E-state index contributed by atoms with van der Waals surface area (Å²) in [5.74, 6) is -0.519. The van der Waals surface area contributed by atoms with E-state index in [-0.39, 0.29) is 42.0 Å². The first-order valence-corrected chi connectivity index (χ1v) is 10.8. The molecule has 9 heteroatoms. The third-order valence-electron chi connectivity index (χ3n) is 5.92. The number of rotatable bonds is 4. The number of phenols is 1. The van der Waals surface area contributed by atoms with E-state index in [1.807, 2.05) is 0 Å². The van der Waals surface area contributed by atoms with Crippen molar-refractivity contribution in [2.45, 2.75) is 6.42 Å². The van der Waals surface area contributed by atoms with Crippen molar-refractivity contribution in [3.05, 3.63) is 53.1 Å². The lowest BCUT2D eigenvalue weighted by Gasteiger charge is -2.36. The number of carbonyl (C=O) groups is 3. The second-order valence-corrected chi connectivity index (χ2v) is 8.29. The van der Waals surface area contributed by atoms with Crippen LogP contribution in [0.2, 0.25) is 5.02 Å². The van der Waals surface area contributed by atoms with Crippen LogP contribution in [0.3, 0.4) is 0 Å². The summed E-state index contributed by atoms with van der Waals surface area (Å²) in [5.41, 5.74) is 0.804. The van der Waals surface area contributed by atoms with Crippen molar-refractivity contribution in [1.29, 1.82) is 0 Å².